The molecular formula is C47H46N3OPt-. The fourth-order valence-corrected chi connectivity index (χ4v) is 6.33. The second-order valence-corrected chi connectivity index (χ2v) is 14.9. The molecule has 7 rings (SSSR count). The van der Waals surface area contributed by atoms with Gasteiger partial charge in [-0.05, 0) is 86.2 Å². The molecule has 2 heterocycles. The van der Waals surface area contributed by atoms with Gasteiger partial charge in [-0.3, -0.25) is 4.98 Å². The molecule has 52 heavy (non-hydrogen) atoms. The number of anilines is 3. The van der Waals surface area contributed by atoms with Crippen molar-refractivity contribution in [3.8, 4) is 39.4 Å². The molecule has 0 saturated carbocycles. The van der Waals surface area contributed by atoms with E-state index < -0.39 is 0 Å². The number of benzene rings is 5. The summed E-state index contributed by atoms with van der Waals surface area (Å²) in [4.78, 5) is 12.1. The first kappa shape index (κ1) is 38.2. The van der Waals surface area contributed by atoms with Gasteiger partial charge in [0.2, 0.25) is 0 Å². The molecule has 5 aromatic carbocycles. The minimum absolute atomic E-state index is 0. The summed E-state index contributed by atoms with van der Waals surface area (Å²) in [5.41, 5.74) is 9.46. The van der Waals surface area contributed by atoms with Crippen LogP contribution in [0.15, 0.2) is 140 Å². The van der Waals surface area contributed by atoms with E-state index in [4.69, 9.17) is 9.97 Å². The zero-order valence-corrected chi connectivity index (χ0v) is 32.2. The molecule has 1 N–H and O–H groups in total. The predicted molar refractivity (Wildman–Crippen MR) is 215 cm³/mol. The van der Waals surface area contributed by atoms with E-state index in [-0.39, 0.29) is 45.1 Å². The molecule has 0 radical (unpaired) electrons. The van der Waals surface area contributed by atoms with Crippen LogP contribution < -0.4 is 4.90 Å². The first-order valence-corrected chi connectivity index (χ1v) is 17.1. The number of aromatic nitrogens is 2. The molecule has 0 spiro atoms. The molecule has 7 aromatic rings. The summed E-state index contributed by atoms with van der Waals surface area (Å²) < 4.78 is 0. The van der Waals surface area contributed by atoms with E-state index in [9.17, 15) is 5.11 Å². The summed E-state index contributed by atoms with van der Waals surface area (Å²) in [5.74, 6) is 0.986. The largest absolute Gasteiger partial charge is 0.507 e. The van der Waals surface area contributed by atoms with Crippen molar-refractivity contribution in [3.63, 3.8) is 0 Å². The van der Waals surface area contributed by atoms with Crippen molar-refractivity contribution in [2.45, 2.75) is 59.8 Å². The van der Waals surface area contributed by atoms with Gasteiger partial charge in [0, 0.05) is 38.2 Å². The minimum Gasteiger partial charge on any atom is -0.507 e. The summed E-state index contributed by atoms with van der Waals surface area (Å²) in [6, 6.07) is 49.2. The second-order valence-electron chi connectivity index (χ2n) is 14.9. The maximum atomic E-state index is 11.0. The fourth-order valence-electron chi connectivity index (χ4n) is 6.33. The van der Waals surface area contributed by atoms with Gasteiger partial charge in [-0.2, -0.15) is 0 Å². The molecule has 0 unspecified atom stereocenters. The molecule has 4 nitrogen and oxygen atoms in total. The monoisotopic (exact) mass is 863 g/mol. The average Bonchev–Trinajstić information content (AvgIpc) is 3.11. The van der Waals surface area contributed by atoms with Gasteiger partial charge >= 0.3 is 0 Å². The first-order valence-electron chi connectivity index (χ1n) is 17.1. The Kier molecular flexibility index (Phi) is 11.2. The SMILES string of the molecule is C.CC(C)(C)c1cc(-c2cc(-c3[c-]c(N(c4ccccn4)c4cccc5ccccc45)ccc3)nc(-c3ccccc3O)c2)cc(C(C)(C)C)c1.[Pt]. The molecule has 5 heteroatoms. The van der Waals surface area contributed by atoms with Gasteiger partial charge in [-0.1, -0.05) is 128 Å². The molecule has 0 bridgehead atoms. The van der Waals surface area contributed by atoms with E-state index in [0.29, 0.717) is 11.3 Å². The Morgan fingerprint density at radius 2 is 1.23 bits per heavy atom. The van der Waals surface area contributed by atoms with E-state index >= 15 is 0 Å². The quantitative estimate of drug-likeness (QED) is 0.169. The fraction of sp³-hybridized carbons (Fsp3) is 0.191. The van der Waals surface area contributed by atoms with Gasteiger partial charge in [0.05, 0.1) is 11.4 Å². The van der Waals surface area contributed by atoms with Gasteiger partial charge in [0.15, 0.2) is 0 Å². The summed E-state index contributed by atoms with van der Waals surface area (Å²) in [7, 11) is 0. The van der Waals surface area contributed by atoms with E-state index in [1.165, 1.54) is 11.1 Å². The van der Waals surface area contributed by atoms with Crippen LogP contribution in [0.25, 0.3) is 44.4 Å². The molecule has 0 aliphatic heterocycles. The van der Waals surface area contributed by atoms with Gasteiger partial charge in [-0.25, -0.2) is 4.98 Å². The number of phenolic OH excluding ortho intramolecular Hbond substituents is 1. The van der Waals surface area contributed by atoms with E-state index in [1.54, 1.807) is 6.07 Å². The van der Waals surface area contributed by atoms with Crippen LogP contribution in [-0.4, -0.2) is 15.1 Å². The maximum Gasteiger partial charge on any atom is 0.136 e. The Balaban J connectivity index is 0.00000261. The van der Waals surface area contributed by atoms with Crippen molar-refractivity contribution in [2.24, 2.45) is 0 Å². The van der Waals surface area contributed by atoms with Crippen LogP contribution in [0.4, 0.5) is 17.2 Å². The van der Waals surface area contributed by atoms with Crippen LogP contribution in [0.1, 0.15) is 60.1 Å². The second kappa shape index (κ2) is 15.3. The van der Waals surface area contributed by atoms with Gasteiger partial charge in [0.25, 0.3) is 0 Å². The molecule has 2 aromatic heterocycles. The van der Waals surface area contributed by atoms with Gasteiger partial charge < -0.3 is 10.0 Å². The summed E-state index contributed by atoms with van der Waals surface area (Å²) >= 11 is 0. The third kappa shape index (κ3) is 7.88. The number of hydrogen-bond donors (Lipinski definition) is 1. The van der Waals surface area contributed by atoms with Crippen LogP contribution in [0.5, 0.6) is 5.75 Å². The third-order valence-corrected chi connectivity index (χ3v) is 9.19. The molecular weight excluding hydrogens is 818 g/mol. The van der Waals surface area contributed by atoms with Gasteiger partial charge in [-0.15, -0.1) is 29.8 Å². The molecule has 0 fully saturated rings. The zero-order valence-electron chi connectivity index (χ0n) is 29.9. The smallest absolute Gasteiger partial charge is 0.136 e. The van der Waals surface area contributed by atoms with Crippen molar-refractivity contribution in [1.82, 2.24) is 9.97 Å². The number of pyridine rings is 2. The molecule has 0 amide bonds. The summed E-state index contributed by atoms with van der Waals surface area (Å²) in [6.45, 7) is 13.5. The molecule has 266 valence electrons. The third-order valence-electron chi connectivity index (χ3n) is 9.19. The zero-order chi connectivity index (χ0) is 35.0. The number of hydrogen-bond acceptors (Lipinski definition) is 4. The average molecular weight is 864 g/mol. The van der Waals surface area contributed by atoms with Crippen LogP contribution in [0.3, 0.4) is 0 Å². The Morgan fingerprint density at radius 3 is 1.92 bits per heavy atom. The number of aromatic hydroxyl groups is 1. The summed E-state index contributed by atoms with van der Waals surface area (Å²) in [5, 5.41) is 13.3. The van der Waals surface area contributed by atoms with E-state index in [1.807, 2.05) is 48.7 Å². The van der Waals surface area contributed by atoms with Crippen molar-refractivity contribution in [3.05, 3.63) is 157 Å². The molecule has 0 aliphatic rings. The van der Waals surface area contributed by atoms with Gasteiger partial charge in [0.1, 0.15) is 11.6 Å². The van der Waals surface area contributed by atoms with E-state index in [2.05, 4.69) is 137 Å². The molecule has 0 aliphatic carbocycles. The first-order chi connectivity index (χ1) is 24.0. The number of rotatable bonds is 6. The van der Waals surface area contributed by atoms with Crippen LogP contribution in [-0.2, 0) is 31.9 Å². The van der Waals surface area contributed by atoms with Crippen LogP contribution >= 0.6 is 0 Å². The Hall–Kier alpha value is -5.05. The standard InChI is InChI=1S/C46H42N3O.CH4.Pt/c1-45(2,3)35-25-33(26-36(30-35)46(4,5)6)34-28-40(48-41(29-34)39-20-9-10-22-43(39)50)32-17-13-18-37(27-32)49(44-23-11-12-24-47-44)42-21-14-16-31-15-7-8-19-38(31)42;;/h7-26,28-30,50H,1-6H3;1H4;/q-1;;. The number of para-hydroxylation sites is 1. The molecule has 0 saturated heterocycles. The topological polar surface area (TPSA) is 49.2 Å². The van der Waals surface area contributed by atoms with E-state index in [0.717, 1.165) is 50.3 Å². The Bertz CT molecular complexity index is 2280. The van der Waals surface area contributed by atoms with Crippen molar-refractivity contribution in [1.29, 1.82) is 0 Å². The maximum absolute atomic E-state index is 11.0. The van der Waals surface area contributed by atoms with Crippen molar-refractivity contribution < 1.29 is 26.2 Å². The minimum atomic E-state index is -0.0367. The predicted octanol–water partition coefficient (Wildman–Crippen LogP) is 12.8. The van der Waals surface area contributed by atoms with Crippen LogP contribution in [0, 0.1) is 6.07 Å². The van der Waals surface area contributed by atoms with Crippen molar-refractivity contribution >= 4 is 28.0 Å². The number of phenols is 1. The normalized spacial score (nSPS) is 11.4. The summed E-state index contributed by atoms with van der Waals surface area (Å²) in [6.07, 6.45) is 1.82. The Morgan fingerprint density at radius 1 is 0.615 bits per heavy atom. The van der Waals surface area contributed by atoms with Crippen molar-refractivity contribution in [2.75, 3.05) is 4.90 Å². The number of nitrogens with zero attached hydrogens (tertiary/aromatic N) is 3. The Labute approximate surface area is 323 Å². The number of fused-ring (bicyclic) bond motifs is 1. The van der Waals surface area contributed by atoms with Crippen LogP contribution in [0.2, 0.25) is 0 Å². The molecule has 0 atom stereocenters.